The van der Waals surface area contributed by atoms with Crippen LogP contribution >= 0.6 is 0 Å². The van der Waals surface area contributed by atoms with E-state index in [1.165, 1.54) is 18.2 Å². The van der Waals surface area contributed by atoms with Gasteiger partial charge in [0.2, 0.25) is 0 Å². The second-order valence-electron chi connectivity index (χ2n) is 7.14. The summed E-state index contributed by atoms with van der Waals surface area (Å²) in [5.41, 5.74) is 1.61. The number of hydrogen-bond acceptors (Lipinski definition) is 4. The highest BCUT2D eigenvalue weighted by Crippen LogP contribution is 2.27. The van der Waals surface area contributed by atoms with Gasteiger partial charge in [-0.3, -0.25) is 9.59 Å². The summed E-state index contributed by atoms with van der Waals surface area (Å²) in [4.78, 5) is 24.6. The number of carbonyl (C=O) groups is 2. The van der Waals surface area contributed by atoms with Crippen LogP contribution in [0.1, 0.15) is 46.7 Å². The van der Waals surface area contributed by atoms with Crippen LogP contribution in [-0.4, -0.2) is 31.0 Å². The molecule has 2 aromatic carbocycles. The summed E-state index contributed by atoms with van der Waals surface area (Å²) in [6.45, 7) is 4.84. The van der Waals surface area contributed by atoms with E-state index in [0.29, 0.717) is 25.1 Å². The fourth-order valence-corrected chi connectivity index (χ4v) is 2.98. The van der Waals surface area contributed by atoms with Crippen molar-refractivity contribution >= 4 is 22.8 Å². The lowest BCUT2D eigenvalue weighted by atomic mass is 10.1. The minimum atomic E-state index is -0.460. The molecule has 1 heterocycles. The van der Waals surface area contributed by atoms with E-state index in [1.54, 1.807) is 6.07 Å². The van der Waals surface area contributed by atoms with E-state index in [4.69, 9.17) is 9.15 Å². The lowest BCUT2D eigenvalue weighted by molar-refractivity contribution is 0.0643. The van der Waals surface area contributed by atoms with Crippen molar-refractivity contribution in [2.75, 3.05) is 13.1 Å². The molecule has 0 saturated heterocycles. The van der Waals surface area contributed by atoms with Crippen LogP contribution in [0.3, 0.4) is 0 Å². The Morgan fingerprint density at radius 1 is 1.03 bits per heavy atom. The monoisotopic (exact) mass is 412 g/mol. The molecule has 0 spiro atoms. The number of carbonyl (C=O) groups excluding carboxylic acids is 2. The highest BCUT2D eigenvalue weighted by molar-refractivity contribution is 5.99. The van der Waals surface area contributed by atoms with Gasteiger partial charge in [-0.05, 0) is 44.5 Å². The minimum absolute atomic E-state index is 0.0243. The standard InChI is InChI=1S/C23H25FN2O4/c1-15(2)29-14-19-18-9-3-4-10-20(18)30-21(19)23(28)26-12-6-11-25-22(27)16-7-5-8-17(24)13-16/h3-5,7-10,13,15H,6,11-12,14H2,1-2H3,(H,25,27)(H,26,28). The molecule has 0 aliphatic carbocycles. The minimum Gasteiger partial charge on any atom is -0.451 e. The predicted molar refractivity (Wildman–Crippen MR) is 112 cm³/mol. The average molecular weight is 412 g/mol. The quantitative estimate of drug-likeness (QED) is 0.520. The SMILES string of the molecule is CC(C)OCc1c(C(=O)NCCCNC(=O)c2cccc(F)c2)oc2ccccc12. The van der Waals surface area contributed by atoms with Gasteiger partial charge in [0.25, 0.3) is 11.8 Å². The molecule has 0 saturated carbocycles. The number of furan rings is 1. The molecular formula is C23H25FN2O4. The molecule has 1 aromatic heterocycles. The maximum absolute atomic E-state index is 13.2. The fourth-order valence-electron chi connectivity index (χ4n) is 2.98. The maximum Gasteiger partial charge on any atom is 0.287 e. The Balaban J connectivity index is 1.54. The summed E-state index contributed by atoms with van der Waals surface area (Å²) in [7, 11) is 0. The number of para-hydroxylation sites is 1. The third-order valence-corrected chi connectivity index (χ3v) is 4.48. The van der Waals surface area contributed by atoms with Crippen molar-refractivity contribution in [1.82, 2.24) is 10.6 Å². The molecule has 3 rings (SSSR count). The third-order valence-electron chi connectivity index (χ3n) is 4.48. The fraction of sp³-hybridized carbons (Fsp3) is 0.304. The topological polar surface area (TPSA) is 80.6 Å². The van der Waals surface area contributed by atoms with Crippen LogP contribution in [0.5, 0.6) is 0 Å². The summed E-state index contributed by atoms with van der Waals surface area (Å²) in [5, 5.41) is 6.37. The average Bonchev–Trinajstić information content (AvgIpc) is 3.10. The van der Waals surface area contributed by atoms with Crippen LogP contribution in [-0.2, 0) is 11.3 Å². The van der Waals surface area contributed by atoms with Gasteiger partial charge in [0.05, 0.1) is 12.7 Å². The third kappa shape index (κ3) is 5.45. The smallest absolute Gasteiger partial charge is 0.287 e. The molecule has 0 bridgehead atoms. The predicted octanol–water partition coefficient (Wildman–Crippen LogP) is 4.05. The van der Waals surface area contributed by atoms with Crippen LogP contribution in [0.2, 0.25) is 0 Å². The molecule has 2 N–H and O–H groups in total. The van der Waals surface area contributed by atoms with Crippen molar-refractivity contribution in [3.8, 4) is 0 Å². The second kappa shape index (κ2) is 10.0. The zero-order chi connectivity index (χ0) is 21.5. The van der Waals surface area contributed by atoms with Crippen LogP contribution in [0.25, 0.3) is 11.0 Å². The molecular weight excluding hydrogens is 387 g/mol. The summed E-state index contributed by atoms with van der Waals surface area (Å²) >= 11 is 0. The number of hydrogen-bond donors (Lipinski definition) is 2. The zero-order valence-corrected chi connectivity index (χ0v) is 17.0. The number of rotatable bonds is 9. The van der Waals surface area contributed by atoms with Gasteiger partial charge in [-0.25, -0.2) is 4.39 Å². The van der Waals surface area contributed by atoms with Gasteiger partial charge in [0, 0.05) is 29.6 Å². The number of halogens is 1. The molecule has 7 heteroatoms. The Bertz CT molecular complexity index is 1030. The molecule has 30 heavy (non-hydrogen) atoms. The van der Waals surface area contributed by atoms with Gasteiger partial charge in [0.1, 0.15) is 11.4 Å². The molecule has 6 nitrogen and oxygen atoms in total. The van der Waals surface area contributed by atoms with Crippen LogP contribution < -0.4 is 10.6 Å². The molecule has 2 amide bonds. The largest absolute Gasteiger partial charge is 0.451 e. The number of benzene rings is 2. The van der Waals surface area contributed by atoms with E-state index >= 15 is 0 Å². The maximum atomic E-state index is 13.2. The molecule has 0 aliphatic rings. The number of fused-ring (bicyclic) bond motifs is 1. The van der Waals surface area contributed by atoms with Gasteiger partial charge in [0.15, 0.2) is 5.76 Å². The second-order valence-corrected chi connectivity index (χ2v) is 7.14. The zero-order valence-electron chi connectivity index (χ0n) is 17.0. The van der Waals surface area contributed by atoms with Crippen LogP contribution in [0.4, 0.5) is 4.39 Å². The molecule has 3 aromatic rings. The molecule has 0 fully saturated rings. The summed E-state index contributed by atoms with van der Waals surface area (Å²) < 4.78 is 24.6. The van der Waals surface area contributed by atoms with E-state index in [0.717, 1.165) is 10.9 Å². The van der Waals surface area contributed by atoms with Crippen molar-refractivity contribution in [3.63, 3.8) is 0 Å². The van der Waals surface area contributed by atoms with Crippen LogP contribution in [0.15, 0.2) is 52.9 Å². The van der Waals surface area contributed by atoms with Gasteiger partial charge in [-0.1, -0.05) is 24.3 Å². The first-order valence-electron chi connectivity index (χ1n) is 9.89. The van der Waals surface area contributed by atoms with Crippen molar-refractivity contribution in [2.45, 2.75) is 33.0 Å². The Kier molecular flexibility index (Phi) is 7.19. The number of amides is 2. The van der Waals surface area contributed by atoms with Gasteiger partial charge in [-0.15, -0.1) is 0 Å². The number of ether oxygens (including phenoxy) is 1. The molecule has 158 valence electrons. The Hall–Kier alpha value is -3.19. The lowest BCUT2D eigenvalue weighted by Crippen LogP contribution is -2.30. The van der Waals surface area contributed by atoms with Gasteiger partial charge >= 0.3 is 0 Å². The highest BCUT2D eigenvalue weighted by atomic mass is 19.1. The van der Waals surface area contributed by atoms with Gasteiger partial charge < -0.3 is 19.8 Å². The highest BCUT2D eigenvalue weighted by Gasteiger charge is 2.20. The Morgan fingerprint density at radius 2 is 1.77 bits per heavy atom. The Labute approximate surface area is 174 Å². The Morgan fingerprint density at radius 3 is 2.50 bits per heavy atom. The first-order chi connectivity index (χ1) is 14.5. The molecule has 0 unspecified atom stereocenters. The van der Waals surface area contributed by atoms with Crippen LogP contribution in [0, 0.1) is 5.82 Å². The van der Waals surface area contributed by atoms with E-state index in [9.17, 15) is 14.0 Å². The first-order valence-corrected chi connectivity index (χ1v) is 9.89. The first kappa shape index (κ1) is 21.5. The molecule has 0 atom stereocenters. The summed E-state index contributed by atoms with van der Waals surface area (Å²) in [6, 6.07) is 12.9. The van der Waals surface area contributed by atoms with E-state index in [-0.39, 0.29) is 35.8 Å². The summed E-state index contributed by atoms with van der Waals surface area (Å²) in [6.07, 6.45) is 0.543. The van der Waals surface area contributed by atoms with E-state index in [1.807, 2.05) is 38.1 Å². The van der Waals surface area contributed by atoms with Crippen molar-refractivity contribution in [2.24, 2.45) is 0 Å². The van der Waals surface area contributed by atoms with Crippen molar-refractivity contribution in [1.29, 1.82) is 0 Å². The molecule has 0 radical (unpaired) electrons. The van der Waals surface area contributed by atoms with E-state index in [2.05, 4.69) is 10.6 Å². The van der Waals surface area contributed by atoms with Crippen molar-refractivity contribution < 1.29 is 23.1 Å². The molecule has 0 aliphatic heterocycles. The van der Waals surface area contributed by atoms with Gasteiger partial charge in [-0.2, -0.15) is 0 Å². The van der Waals surface area contributed by atoms with E-state index < -0.39 is 5.82 Å². The number of nitrogens with one attached hydrogen (secondary N) is 2. The summed E-state index contributed by atoms with van der Waals surface area (Å²) in [5.74, 6) is -0.908. The van der Waals surface area contributed by atoms with Crippen molar-refractivity contribution in [3.05, 3.63) is 71.2 Å². The normalized spacial score (nSPS) is 11.1. The lowest BCUT2D eigenvalue weighted by Gasteiger charge is -2.09.